The van der Waals surface area contributed by atoms with Crippen molar-refractivity contribution in [3.05, 3.63) is 158 Å². The molecule has 1 heteroatoms. The van der Waals surface area contributed by atoms with Crippen molar-refractivity contribution in [2.45, 2.75) is 184 Å². The van der Waals surface area contributed by atoms with Crippen LogP contribution in [0, 0.1) is 41.3 Å². The van der Waals surface area contributed by atoms with Crippen molar-refractivity contribution in [1.29, 1.82) is 0 Å². The van der Waals surface area contributed by atoms with Gasteiger partial charge in [-0.3, -0.25) is 4.98 Å². The van der Waals surface area contributed by atoms with Crippen molar-refractivity contribution in [3.8, 4) is 11.1 Å². The highest BCUT2D eigenvalue weighted by Gasteiger charge is 2.27. The average molecular weight is 865 g/mol. The van der Waals surface area contributed by atoms with Crippen LogP contribution in [0.5, 0.6) is 0 Å². The molecule has 338 valence electrons. The zero-order valence-electron chi connectivity index (χ0n) is 54.2. The molecule has 1 nitrogen and oxygen atoms in total. The van der Waals surface area contributed by atoms with Crippen molar-refractivity contribution < 1.29 is 17.8 Å². The van der Waals surface area contributed by atoms with Crippen molar-refractivity contribution in [2.75, 3.05) is 0 Å². The molecule has 1 aliphatic rings. The lowest BCUT2D eigenvalue weighted by molar-refractivity contribution is 0.444. The maximum absolute atomic E-state index is 9.12. The molecule has 0 N–H and O–H groups in total. The largest absolute Gasteiger partial charge is 0.253 e. The minimum Gasteiger partial charge on any atom is -0.253 e. The summed E-state index contributed by atoms with van der Waals surface area (Å²) in [5, 5.41) is 5.30. The van der Waals surface area contributed by atoms with Gasteiger partial charge in [0.05, 0.1) is 5.52 Å². The second-order valence-corrected chi connectivity index (χ2v) is 21.7. The molecule has 64 heavy (non-hydrogen) atoms. The zero-order chi connectivity index (χ0) is 58.0. The summed E-state index contributed by atoms with van der Waals surface area (Å²) in [6.45, 7) is 19.6. The van der Waals surface area contributed by atoms with Crippen molar-refractivity contribution in [3.63, 3.8) is 0 Å². The Kier molecular flexibility index (Phi) is 9.80. The van der Waals surface area contributed by atoms with Crippen molar-refractivity contribution in [2.24, 2.45) is 0 Å². The van der Waals surface area contributed by atoms with E-state index in [0.717, 1.165) is 51.3 Å². The molecule has 1 aliphatic carbocycles. The maximum atomic E-state index is 9.12. The van der Waals surface area contributed by atoms with Gasteiger partial charge in [0, 0.05) is 28.9 Å². The number of benzene rings is 6. The van der Waals surface area contributed by atoms with E-state index in [1.165, 1.54) is 71.0 Å². The number of aromatic nitrogens is 1. The van der Waals surface area contributed by atoms with Crippen LogP contribution in [-0.2, 0) is 21.7 Å². The van der Waals surface area contributed by atoms with E-state index >= 15 is 0 Å². The lowest BCUT2D eigenvalue weighted by atomic mass is 9.76. The van der Waals surface area contributed by atoms with E-state index < -0.39 is 38.7 Å². The van der Waals surface area contributed by atoms with E-state index in [1.54, 1.807) is 19.9 Å². The van der Waals surface area contributed by atoms with Gasteiger partial charge in [-0.05, 0) is 182 Å². The Morgan fingerprint density at radius 3 is 1.52 bits per heavy atom. The van der Waals surface area contributed by atoms with Crippen LogP contribution in [-0.4, -0.2) is 4.98 Å². The smallest absolute Gasteiger partial charge is 0.0745 e. The summed E-state index contributed by atoms with van der Waals surface area (Å²) >= 11 is 0. The highest BCUT2D eigenvalue weighted by Crippen LogP contribution is 2.43. The highest BCUT2D eigenvalue weighted by molar-refractivity contribution is 6.01. The molecule has 0 saturated heterocycles. The molecule has 0 unspecified atom stereocenters. The van der Waals surface area contributed by atoms with Gasteiger partial charge in [-0.1, -0.05) is 187 Å². The number of fused-ring (bicyclic) bond motifs is 3. The quantitative estimate of drug-likeness (QED) is 0.169. The Bertz CT molecular complexity index is 3250. The number of hydrogen-bond acceptors (Lipinski definition) is 1. The van der Waals surface area contributed by atoms with E-state index in [0.29, 0.717) is 22.2 Å². The summed E-state index contributed by atoms with van der Waals surface area (Å²) < 4.78 is 104. The molecule has 0 atom stereocenters. The van der Waals surface area contributed by atoms with Gasteiger partial charge in [-0.2, -0.15) is 0 Å². The molecule has 0 aliphatic heterocycles. The predicted molar refractivity (Wildman–Crippen MR) is 284 cm³/mol. The van der Waals surface area contributed by atoms with Crippen LogP contribution in [0.2, 0.25) is 0 Å². The van der Waals surface area contributed by atoms with Crippen LogP contribution in [0.25, 0.3) is 43.6 Å². The highest BCUT2D eigenvalue weighted by atomic mass is 14.7. The van der Waals surface area contributed by atoms with Gasteiger partial charge in [0.25, 0.3) is 0 Å². The number of hydrogen-bond donors (Lipinski definition) is 0. The molecule has 6 aromatic carbocycles. The molecule has 0 spiro atoms. The first kappa shape index (κ1) is 33.7. The van der Waals surface area contributed by atoms with Crippen LogP contribution < -0.4 is 0 Å². The molecular formula is C63H81N. The number of pyridine rings is 1. The third kappa shape index (κ3) is 10.4. The van der Waals surface area contributed by atoms with Gasteiger partial charge in [-0.15, -0.1) is 0 Å². The lowest BCUT2D eigenvalue weighted by Gasteiger charge is -2.29. The lowest BCUT2D eigenvalue weighted by Crippen LogP contribution is -2.19. The third-order valence-electron chi connectivity index (χ3n) is 13.1. The monoisotopic (exact) mass is 865 g/mol. The molecule has 0 amide bonds. The van der Waals surface area contributed by atoms with E-state index in [4.69, 9.17) is 17.8 Å². The summed E-state index contributed by atoms with van der Waals surface area (Å²) in [5.74, 6) is -0.397. The fraction of sp³-hybridized carbons (Fsp3) is 0.444. The topological polar surface area (TPSA) is 12.9 Å². The minimum absolute atomic E-state index is 0.0181. The van der Waals surface area contributed by atoms with Gasteiger partial charge < -0.3 is 0 Å². The van der Waals surface area contributed by atoms with Gasteiger partial charge >= 0.3 is 0 Å². The zero-order valence-corrected chi connectivity index (χ0v) is 41.2. The van der Waals surface area contributed by atoms with Gasteiger partial charge in [0.1, 0.15) is 0 Å². The maximum Gasteiger partial charge on any atom is 0.0745 e. The first-order valence-electron chi connectivity index (χ1n) is 29.7. The molecule has 0 radical (unpaired) electrons. The summed E-state index contributed by atoms with van der Waals surface area (Å²) in [4.78, 5) is 4.40. The molecule has 0 bridgehead atoms. The normalized spacial score (nSPS) is 18.3. The molecular weight excluding hydrogens is 771 g/mol. The van der Waals surface area contributed by atoms with Crippen LogP contribution in [0.3, 0.4) is 0 Å². The molecule has 1 saturated carbocycles. The van der Waals surface area contributed by atoms with Gasteiger partial charge in [0.2, 0.25) is 0 Å². The fourth-order valence-electron chi connectivity index (χ4n) is 9.88. The van der Waals surface area contributed by atoms with Crippen LogP contribution in [0.15, 0.2) is 97.1 Å². The summed E-state index contributed by atoms with van der Waals surface area (Å²) in [6.07, 6.45) is 5.68. The van der Waals surface area contributed by atoms with E-state index in [2.05, 4.69) is 111 Å². The number of rotatable bonds is 2. The first-order chi connectivity index (χ1) is 35.0. The third-order valence-corrected chi connectivity index (χ3v) is 13.1. The van der Waals surface area contributed by atoms with Gasteiger partial charge in [0.15, 0.2) is 0 Å². The Hall–Kier alpha value is -4.75. The summed E-state index contributed by atoms with van der Waals surface area (Å²) in [6, 6.07) is 30.6. The Balaban J connectivity index is 0.000000189. The first-order valence-corrected chi connectivity index (χ1v) is 23.2. The minimum atomic E-state index is -2.43. The van der Waals surface area contributed by atoms with Crippen LogP contribution in [0.4, 0.5) is 0 Å². The molecule has 1 heterocycles. The van der Waals surface area contributed by atoms with Crippen LogP contribution >= 0.6 is 0 Å². The molecule has 1 fully saturated rings. The van der Waals surface area contributed by atoms with Crippen molar-refractivity contribution >= 4 is 32.4 Å². The SMILES string of the molecule is [2H]C([2H])([2H])c1ccc2c(C)c(C(C)(C)C)cc(C(C)(C)C([2H])([2H])[2H])c2n1.[2H]C([2H])([2H])c1cccc(C([2H])([2H])[2H])c1-c1cc(C(C)(C)C)c(C)c2ccccc12.[2H]C1(c2cc(C(C)(C)C)c(C)c3ccccc23)CCCCC1. The van der Waals surface area contributed by atoms with E-state index in [9.17, 15) is 0 Å². The molecule has 8 rings (SSSR count). The van der Waals surface area contributed by atoms with Crippen LogP contribution in [0.1, 0.15) is 200 Å². The Morgan fingerprint density at radius 2 is 0.984 bits per heavy atom. The average Bonchev–Trinajstić information content (AvgIpc) is 3.30. The standard InChI is InChI=1S/C23H26.C21H28.C19H27N/c1-15-10-9-11-16(2)22(15)20-14-21(23(4,5)6)17(3)18-12-7-8-13-19(18)20;1-15-17-12-8-9-13-18(17)19(14-20(15)21(2,3)4)16-10-6-5-7-11-16;1-12-9-10-14-13(2)15(18(3,4)5)11-16(17(14)20-12)19(6,7)8/h7-14H,1-6H3;8-9,12-14,16H,5-7,10-11H2,1-4H3;9-11H,1-8H3/i1D3,2D3;16D;1D3,6D3. The second-order valence-electron chi connectivity index (χ2n) is 21.7. The summed E-state index contributed by atoms with van der Waals surface area (Å²) in [5.41, 5.74) is 8.98. The summed E-state index contributed by atoms with van der Waals surface area (Å²) in [7, 11) is 0. The molecule has 1 aromatic heterocycles. The van der Waals surface area contributed by atoms with Gasteiger partial charge in [-0.25, -0.2) is 0 Å². The Morgan fingerprint density at radius 1 is 0.484 bits per heavy atom. The second kappa shape index (κ2) is 18.6. The predicted octanol–water partition coefficient (Wildman–Crippen LogP) is 18.7. The van der Waals surface area contributed by atoms with E-state index in [-0.39, 0.29) is 33.1 Å². The molecule has 7 aromatic rings. The fourth-order valence-corrected chi connectivity index (χ4v) is 9.88. The Labute approximate surface area is 407 Å². The number of aryl methyl sites for hydroxylation is 6. The number of nitrogens with zero attached hydrogens (tertiary/aromatic N) is 1. The van der Waals surface area contributed by atoms with E-state index in [1.807, 2.05) is 43.3 Å². The van der Waals surface area contributed by atoms with Crippen molar-refractivity contribution in [1.82, 2.24) is 4.98 Å².